The van der Waals surface area contributed by atoms with Crippen LogP contribution < -0.4 is 10.5 Å². The van der Waals surface area contributed by atoms with E-state index in [4.69, 9.17) is 10.5 Å². The van der Waals surface area contributed by atoms with Crippen LogP contribution >= 0.6 is 0 Å². The second kappa shape index (κ2) is 7.71. The van der Waals surface area contributed by atoms with Gasteiger partial charge in [0.15, 0.2) is 0 Å². The first-order valence-electron chi connectivity index (χ1n) is 6.22. The summed E-state index contributed by atoms with van der Waals surface area (Å²) in [5.41, 5.74) is 6.22. The third-order valence-corrected chi connectivity index (χ3v) is 2.58. The van der Waals surface area contributed by atoms with Gasteiger partial charge in [-0.15, -0.1) is 0 Å². The molecule has 0 saturated carbocycles. The van der Waals surface area contributed by atoms with E-state index < -0.39 is 0 Å². The number of carbonyl (C=O) groups is 1. The van der Waals surface area contributed by atoms with Crippen molar-refractivity contribution in [2.24, 2.45) is 5.73 Å². The monoisotopic (exact) mass is 235 g/mol. The van der Waals surface area contributed by atoms with Crippen LogP contribution in [0.15, 0.2) is 24.3 Å². The first-order valence-corrected chi connectivity index (χ1v) is 6.22. The molecule has 1 amide bonds. The van der Waals surface area contributed by atoms with Gasteiger partial charge in [-0.25, -0.2) is 0 Å². The molecule has 17 heavy (non-hydrogen) atoms. The highest BCUT2D eigenvalue weighted by Crippen LogP contribution is 2.15. The molecule has 0 spiro atoms. The highest BCUT2D eigenvalue weighted by Gasteiger charge is 1.99. The summed E-state index contributed by atoms with van der Waals surface area (Å²) in [6.45, 7) is 2.93. The lowest BCUT2D eigenvalue weighted by Gasteiger charge is -2.07. The fraction of sp³-hybridized carbons (Fsp3) is 0.500. The smallest absolute Gasteiger partial charge is 0.217 e. The van der Waals surface area contributed by atoms with Crippen LogP contribution in [0, 0.1) is 0 Å². The van der Waals surface area contributed by atoms with E-state index in [1.165, 1.54) is 12.8 Å². The number of carbonyl (C=O) groups excluding carboxylic acids is 1. The standard InChI is InChI=1S/C14H21NO2/c1-2-3-4-10-17-13-7-5-6-12(11-13)8-9-14(15)16/h5-7,11H,2-4,8-10H2,1H3,(H2,15,16). The van der Waals surface area contributed by atoms with E-state index in [1.54, 1.807) is 0 Å². The summed E-state index contributed by atoms with van der Waals surface area (Å²) in [6.07, 6.45) is 4.55. The van der Waals surface area contributed by atoms with Crippen molar-refractivity contribution >= 4 is 5.91 Å². The third kappa shape index (κ3) is 5.95. The van der Waals surface area contributed by atoms with Gasteiger partial charge in [-0.3, -0.25) is 4.79 Å². The molecule has 0 unspecified atom stereocenters. The quantitative estimate of drug-likeness (QED) is 0.704. The SMILES string of the molecule is CCCCCOc1cccc(CCC(N)=O)c1. The summed E-state index contributed by atoms with van der Waals surface area (Å²) in [5, 5.41) is 0. The molecule has 0 saturated heterocycles. The van der Waals surface area contributed by atoms with Gasteiger partial charge in [-0.2, -0.15) is 0 Å². The minimum absolute atomic E-state index is 0.265. The lowest BCUT2D eigenvalue weighted by Crippen LogP contribution is -2.11. The molecule has 1 rings (SSSR count). The number of amides is 1. The van der Waals surface area contributed by atoms with Crippen molar-refractivity contribution in [3.8, 4) is 5.75 Å². The van der Waals surface area contributed by atoms with Crippen molar-refractivity contribution < 1.29 is 9.53 Å². The van der Waals surface area contributed by atoms with Gasteiger partial charge in [0, 0.05) is 6.42 Å². The van der Waals surface area contributed by atoms with E-state index in [1.807, 2.05) is 24.3 Å². The summed E-state index contributed by atoms with van der Waals surface area (Å²) in [5.74, 6) is 0.613. The van der Waals surface area contributed by atoms with Gasteiger partial charge in [0.2, 0.25) is 5.91 Å². The van der Waals surface area contributed by atoms with E-state index in [-0.39, 0.29) is 5.91 Å². The van der Waals surface area contributed by atoms with Crippen LogP contribution in [0.2, 0.25) is 0 Å². The number of ether oxygens (including phenoxy) is 1. The van der Waals surface area contributed by atoms with Crippen LogP contribution in [0.4, 0.5) is 0 Å². The lowest BCUT2D eigenvalue weighted by atomic mass is 10.1. The van der Waals surface area contributed by atoms with Crippen LogP contribution in [0.5, 0.6) is 5.75 Å². The second-order valence-electron chi connectivity index (χ2n) is 4.17. The molecule has 0 aliphatic carbocycles. The Balaban J connectivity index is 2.39. The summed E-state index contributed by atoms with van der Waals surface area (Å²) < 4.78 is 5.64. The predicted molar refractivity (Wildman–Crippen MR) is 69.0 cm³/mol. The van der Waals surface area contributed by atoms with Crippen LogP contribution in [0.25, 0.3) is 0 Å². The zero-order valence-electron chi connectivity index (χ0n) is 10.4. The molecule has 2 N–H and O–H groups in total. The molecule has 0 aliphatic heterocycles. The van der Waals surface area contributed by atoms with Crippen molar-refractivity contribution in [3.05, 3.63) is 29.8 Å². The maximum absolute atomic E-state index is 10.7. The molecular weight excluding hydrogens is 214 g/mol. The Labute approximate surface area is 103 Å². The third-order valence-electron chi connectivity index (χ3n) is 2.58. The minimum atomic E-state index is -0.265. The molecule has 0 atom stereocenters. The largest absolute Gasteiger partial charge is 0.494 e. The van der Waals surface area contributed by atoms with E-state index in [0.29, 0.717) is 12.8 Å². The summed E-state index contributed by atoms with van der Waals surface area (Å²) in [6, 6.07) is 7.86. The fourth-order valence-electron chi connectivity index (χ4n) is 1.60. The number of hydrogen-bond acceptors (Lipinski definition) is 2. The highest BCUT2D eigenvalue weighted by atomic mass is 16.5. The molecule has 0 radical (unpaired) electrons. The summed E-state index contributed by atoms with van der Waals surface area (Å²) in [7, 11) is 0. The maximum Gasteiger partial charge on any atom is 0.217 e. The number of rotatable bonds is 8. The number of unbranched alkanes of at least 4 members (excludes halogenated alkanes) is 2. The molecule has 1 aromatic rings. The Morgan fingerprint density at radius 1 is 1.35 bits per heavy atom. The molecule has 3 nitrogen and oxygen atoms in total. The van der Waals surface area contributed by atoms with Gasteiger partial charge in [-0.1, -0.05) is 31.9 Å². The Bertz CT molecular complexity index is 350. The Hall–Kier alpha value is -1.51. The number of aryl methyl sites for hydroxylation is 1. The first-order chi connectivity index (χ1) is 8.22. The van der Waals surface area contributed by atoms with Crippen LogP contribution in [0.3, 0.4) is 0 Å². The van der Waals surface area contributed by atoms with Gasteiger partial charge >= 0.3 is 0 Å². The Morgan fingerprint density at radius 3 is 2.88 bits per heavy atom. The lowest BCUT2D eigenvalue weighted by molar-refractivity contribution is -0.117. The Morgan fingerprint density at radius 2 is 2.18 bits per heavy atom. The zero-order valence-corrected chi connectivity index (χ0v) is 10.4. The number of primary amides is 1. The molecule has 0 heterocycles. The van der Waals surface area contributed by atoms with Gasteiger partial charge in [-0.05, 0) is 30.5 Å². The molecule has 0 fully saturated rings. The summed E-state index contributed by atoms with van der Waals surface area (Å²) >= 11 is 0. The Kier molecular flexibility index (Phi) is 6.15. The number of nitrogens with two attached hydrogens (primary N) is 1. The molecule has 0 aromatic heterocycles. The highest BCUT2D eigenvalue weighted by molar-refractivity contribution is 5.74. The van der Waals surface area contributed by atoms with E-state index >= 15 is 0 Å². The maximum atomic E-state index is 10.7. The van der Waals surface area contributed by atoms with Gasteiger partial charge in [0.1, 0.15) is 5.75 Å². The molecular formula is C14H21NO2. The molecule has 1 aromatic carbocycles. The van der Waals surface area contributed by atoms with Crippen molar-refractivity contribution in [2.75, 3.05) is 6.61 Å². The topological polar surface area (TPSA) is 52.3 Å². The molecule has 0 aliphatic rings. The second-order valence-corrected chi connectivity index (χ2v) is 4.17. The minimum Gasteiger partial charge on any atom is -0.494 e. The van der Waals surface area contributed by atoms with Crippen LogP contribution in [-0.2, 0) is 11.2 Å². The molecule has 0 bridgehead atoms. The van der Waals surface area contributed by atoms with Crippen molar-refractivity contribution in [3.63, 3.8) is 0 Å². The fourth-order valence-corrected chi connectivity index (χ4v) is 1.60. The van der Waals surface area contributed by atoms with E-state index in [2.05, 4.69) is 6.92 Å². The number of benzene rings is 1. The van der Waals surface area contributed by atoms with Crippen molar-refractivity contribution in [1.82, 2.24) is 0 Å². The predicted octanol–water partition coefficient (Wildman–Crippen LogP) is 2.67. The number of hydrogen-bond donors (Lipinski definition) is 1. The average Bonchev–Trinajstić information content (AvgIpc) is 2.33. The zero-order chi connectivity index (χ0) is 12.5. The van der Waals surface area contributed by atoms with Crippen molar-refractivity contribution in [2.45, 2.75) is 39.0 Å². The van der Waals surface area contributed by atoms with Gasteiger partial charge in [0.05, 0.1) is 6.61 Å². The average molecular weight is 235 g/mol. The summed E-state index contributed by atoms with van der Waals surface area (Å²) in [4.78, 5) is 10.7. The molecule has 94 valence electrons. The first kappa shape index (κ1) is 13.6. The van der Waals surface area contributed by atoms with Gasteiger partial charge in [0.25, 0.3) is 0 Å². The van der Waals surface area contributed by atoms with Crippen LogP contribution in [-0.4, -0.2) is 12.5 Å². The van der Waals surface area contributed by atoms with E-state index in [9.17, 15) is 4.79 Å². The normalized spacial score (nSPS) is 10.2. The van der Waals surface area contributed by atoms with Crippen molar-refractivity contribution in [1.29, 1.82) is 0 Å². The van der Waals surface area contributed by atoms with Gasteiger partial charge < -0.3 is 10.5 Å². The van der Waals surface area contributed by atoms with E-state index in [0.717, 1.165) is 24.3 Å². The van der Waals surface area contributed by atoms with Crippen LogP contribution in [0.1, 0.15) is 38.2 Å². The molecule has 3 heteroatoms.